The van der Waals surface area contributed by atoms with Crippen molar-refractivity contribution >= 4 is 0 Å². The number of hydrogen-bond donors (Lipinski definition) is 1. The summed E-state index contributed by atoms with van der Waals surface area (Å²) in [5.74, 6) is 2.33. The molecule has 0 heterocycles. The fourth-order valence-corrected chi connectivity index (χ4v) is 8.07. The number of rotatable bonds is 3. The van der Waals surface area contributed by atoms with E-state index in [2.05, 4.69) is 41.5 Å². The van der Waals surface area contributed by atoms with Crippen LogP contribution in [0.4, 0.5) is 0 Å². The maximum Gasteiger partial charge on any atom is 0.0222 e. The summed E-state index contributed by atoms with van der Waals surface area (Å²) in [6, 6.07) is 0. The SMILES string of the molecule is CCCC(C)(C)C1CCC2(N)C3CCCC3(C)CCC2C1(C)C. The van der Waals surface area contributed by atoms with Crippen molar-refractivity contribution in [2.45, 2.75) is 105 Å². The van der Waals surface area contributed by atoms with Gasteiger partial charge < -0.3 is 5.73 Å². The lowest BCUT2D eigenvalue weighted by Crippen LogP contribution is -2.67. The van der Waals surface area contributed by atoms with E-state index in [-0.39, 0.29) is 5.54 Å². The molecule has 0 bridgehead atoms. The van der Waals surface area contributed by atoms with Gasteiger partial charge in [0.25, 0.3) is 0 Å². The Balaban J connectivity index is 1.92. The predicted octanol–water partition coefficient (Wildman–Crippen LogP) is 6.16. The monoisotopic (exact) mass is 319 g/mol. The summed E-state index contributed by atoms with van der Waals surface area (Å²) in [5.41, 5.74) is 8.79. The van der Waals surface area contributed by atoms with E-state index in [0.29, 0.717) is 16.2 Å². The number of hydrogen-bond acceptors (Lipinski definition) is 1. The van der Waals surface area contributed by atoms with Gasteiger partial charge in [-0.3, -0.25) is 0 Å². The summed E-state index contributed by atoms with van der Waals surface area (Å²) in [6.45, 7) is 15.1. The second-order valence-corrected chi connectivity index (χ2v) is 11.0. The number of fused-ring (bicyclic) bond motifs is 3. The highest BCUT2D eigenvalue weighted by Crippen LogP contribution is 2.66. The molecule has 0 amide bonds. The second kappa shape index (κ2) is 5.48. The van der Waals surface area contributed by atoms with E-state index in [4.69, 9.17) is 5.73 Å². The molecule has 0 radical (unpaired) electrons. The van der Waals surface area contributed by atoms with E-state index in [1.54, 1.807) is 0 Å². The van der Waals surface area contributed by atoms with Gasteiger partial charge in [0.2, 0.25) is 0 Å². The summed E-state index contributed by atoms with van der Waals surface area (Å²) in [4.78, 5) is 0. The first-order valence-electron chi connectivity index (χ1n) is 10.4. The Hall–Kier alpha value is -0.0400. The molecule has 2 N–H and O–H groups in total. The molecule has 0 aliphatic heterocycles. The van der Waals surface area contributed by atoms with Crippen LogP contribution in [0.1, 0.15) is 99.3 Å². The van der Waals surface area contributed by atoms with Crippen molar-refractivity contribution in [3.8, 4) is 0 Å². The van der Waals surface area contributed by atoms with Gasteiger partial charge in [0, 0.05) is 5.54 Å². The zero-order chi connectivity index (χ0) is 17.1. The van der Waals surface area contributed by atoms with E-state index in [1.807, 2.05) is 0 Å². The van der Waals surface area contributed by atoms with Crippen LogP contribution < -0.4 is 5.73 Å². The zero-order valence-corrected chi connectivity index (χ0v) is 16.7. The van der Waals surface area contributed by atoms with E-state index in [1.165, 1.54) is 57.8 Å². The van der Waals surface area contributed by atoms with Gasteiger partial charge in [-0.05, 0) is 78.9 Å². The molecule has 3 aliphatic carbocycles. The summed E-state index contributed by atoms with van der Waals surface area (Å²) in [7, 11) is 0. The Morgan fingerprint density at radius 1 is 0.957 bits per heavy atom. The van der Waals surface area contributed by atoms with Crippen LogP contribution in [0.3, 0.4) is 0 Å². The second-order valence-electron chi connectivity index (χ2n) is 11.0. The highest BCUT2D eigenvalue weighted by molar-refractivity contribution is 5.16. The van der Waals surface area contributed by atoms with Crippen molar-refractivity contribution in [2.24, 2.45) is 39.7 Å². The van der Waals surface area contributed by atoms with Crippen LogP contribution in [0.5, 0.6) is 0 Å². The fraction of sp³-hybridized carbons (Fsp3) is 1.00. The van der Waals surface area contributed by atoms with Gasteiger partial charge in [-0.25, -0.2) is 0 Å². The maximum atomic E-state index is 7.29. The van der Waals surface area contributed by atoms with Crippen LogP contribution in [-0.4, -0.2) is 5.54 Å². The zero-order valence-electron chi connectivity index (χ0n) is 16.7. The van der Waals surface area contributed by atoms with E-state index in [9.17, 15) is 0 Å². The van der Waals surface area contributed by atoms with Crippen LogP contribution in [0.15, 0.2) is 0 Å². The molecule has 23 heavy (non-hydrogen) atoms. The van der Waals surface area contributed by atoms with Crippen LogP contribution >= 0.6 is 0 Å². The molecule has 3 fully saturated rings. The molecular formula is C22H41N. The minimum absolute atomic E-state index is 0.117. The highest BCUT2D eigenvalue weighted by Gasteiger charge is 2.63. The van der Waals surface area contributed by atoms with Gasteiger partial charge in [0.1, 0.15) is 0 Å². The minimum atomic E-state index is 0.117. The standard InChI is InChI=1S/C22H41N/c1-7-12-19(2,3)16-11-15-22(23)17(20(16,4)5)10-14-21(6)13-8-9-18(21)22/h16-18H,7-15,23H2,1-6H3. The quantitative estimate of drug-likeness (QED) is 0.662. The highest BCUT2D eigenvalue weighted by atomic mass is 14.9. The third-order valence-corrected chi connectivity index (χ3v) is 8.88. The van der Waals surface area contributed by atoms with Crippen molar-refractivity contribution in [1.29, 1.82) is 0 Å². The lowest BCUT2D eigenvalue weighted by Gasteiger charge is -2.64. The third kappa shape index (κ3) is 2.52. The van der Waals surface area contributed by atoms with Crippen LogP contribution in [0, 0.1) is 34.0 Å². The molecule has 0 aromatic heterocycles. The Morgan fingerprint density at radius 2 is 1.65 bits per heavy atom. The van der Waals surface area contributed by atoms with Gasteiger partial charge in [-0.2, -0.15) is 0 Å². The van der Waals surface area contributed by atoms with Crippen molar-refractivity contribution < 1.29 is 0 Å². The Morgan fingerprint density at radius 3 is 2.30 bits per heavy atom. The first-order valence-corrected chi connectivity index (χ1v) is 10.4. The molecule has 1 heteroatoms. The topological polar surface area (TPSA) is 26.0 Å². The summed E-state index contributed by atoms with van der Waals surface area (Å²) in [5, 5.41) is 0. The maximum absolute atomic E-state index is 7.29. The van der Waals surface area contributed by atoms with Gasteiger partial charge >= 0.3 is 0 Å². The van der Waals surface area contributed by atoms with Gasteiger partial charge in [-0.15, -0.1) is 0 Å². The summed E-state index contributed by atoms with van der Waals surface area (Å²) < 4.78 is 0. The molecule has 0 aromatic rings. The van der Waals surface area contributed by atoms with Crippen molar-refractivity contribution in [3.63, 3.8) is 0 Å². The smallest absolute Gasteiger partial charge is 0.0222 e. The average Bonchev–Trinajstić information content (AvgIpc) is 2.80. The van der Waals surface area contributed by atoms with Gasteiger partial charge in [0.15, 0.2) is 0 Å². The lowest BCUT2D eigenvalue weighted by molar-refractivity contribution is -0.124. The molecule has 134 valence electrons. The molecular weight excluding hydrogens is 278 g/mol. The molecule has 5 atom stereocenters. The van der Waals surface area contributed by atoms with Crippen LogP contribution in [0.2, 0.25) is 0 Å². The first-order chi connectivity index (χ1) is 10.6. The molecule has 0 saturated heterocycles. The minimum Gasteiger partial charge on any atom is -0.325 e. The predicted molar refractivity (Wildman–Crippen MR) is 100 cm³/mol. The van der Waals surface area contributed by atoms with Crippen molar-refractivity contribution in [1.82, 2.24) is 0 Å². The normalized spacial score (nSPS) is 46.3. The third-order valence-electron chi connectivity index (χ3n) is 8.88. The Kier molecular flexibility index (Phi) is 4.23. The summed E-state index contributed by atoms with van der Waals surface area (Å²) in [6.07, 6.45) is 12.3. The van der Waals surface area contributed by atoms with Gasteiger partial charge in [-0.1, -0.05) is 54.4 Å². The Bertz CT molecular complexity index is 451. The van der Waals surface area contributed by atoms with Gasteiger partial charge in [0.05, 0.1) is 0 Å². The fourth-order valence-electron chi connectivity index (χ4n) is 8.07. The van der Waals surface area contributed by atoms with Crippen molar-refractivity contribution in [2.75, 3.05) is 0 Å². The lowest BCUT2D eigenvalue weighted by atomic mass is 9.42. The first kappa shape index (κ1) is 17.8. The largest absolute Gasteiger partial charge is 0.325 e. The molecule has 3 saturated carbocycles. The Labute approximate surface area is 145 Å². The van der Waals surface area contributed by atoms with E-state index in [0.717, 1.165) is 17.8 Å². The van der Waals surface area contributed by atoms with Crippen molar-refractivity contribution in [3.05, 3.63) is 0 Å². The number of nitrogens with two attached hydrogens (primary N) is 1. The molecule has 0 spiro atoms. The molecule has 0 aromatic carbocycles. The molecule has 3 aliphatic rings. The molecule has 3 rings (SSSR count). The average molecular weight is 320 g/mol. The van der Waals surface area contributed by atoms with Crippen LogP contribution in [-0.2, 0) is 0 Å². The molecule has 5 unspecified atom stereocenters. The molecule has 1 nitrogen and oxygen atoms in total. The van der Waals surface area contributed by atoms with E-state index < -0.39 is 0 Å². The van der Waals surface area contributed by atoms with E-state index >= 15 is 0 Å². The van der Waals surface area contributed by atoms with Crippen LogP contribution in [0.25, 0.3) is 0 Å². The summed E-state index contributed by atoms with van der Waals surface area (Å²) >= 11 is 0.